The summed E-state index contributed by atoms with van der Waals surface area (Å²) in [5.74, 6) is 1.10. The molecule has 0 saturated carbocycles. The summed E-state index contributed by atoms with van der Waals surface area (Å²) in [6.45, 7) is -0.183. The van der Waals surface area contributed by atoms with Crippen LogP contribution in [0.5, 0.6) is 11.5 Å². The Balaban J connectivity index is 1.42. The SMILES string of the molecule is O=C(c1ccc(Oc2ccccc2)cc1Cl)c1c[nH]c2ncnc(NC3COC(CO)CC3F)c12. The van der Waals surface area contributed by atoms with Gasteiger partial charge in [0.05, 0.1) is 41.3 Å². The summed E-state index contributed by atoms with van der Waals surface area (Å²) in [5, 5.41) is 12.9. The Morgan fingerprint density at radius 3 is 2.77 bits per heavy atom. The zero-order valence-electron chi connectivity index (χ0n) is 18.4. The maximum Gasteiger partial charge on any atom is 0.196 e. The van der Waals surface area contributed by atoms with Crippen molar-refractivity contribution < 1.29 is 23.8 Å². The second kappa shape index (κ2) is 9.99. The summed E-state index contributed by atoms with van der Waals surface area (Å²) in [6.07, 6.45) is 1.13. The van der Waals surface area contributed by atoms with E-state index in [-0.39, 0.29) is 36.0 Å². The summed E-state index contributed by atoms with van der Waals surface area (Å²) >= 11 is 6.46. The lowest BCUT2D eigenvalue weighted by molar-refractivity contribution is -0.0506. The number of para-hydroxylation sites is 1. The van der Waals surface area contributed by atoms with Crippen molar-refractivity contribution in [2.24, 2.45) is 0 Å². The third-order valence-electron chi connectivity index (χ3n) is 5.84. The number of nitrogens with one attached hydrogen (secondary N) is 2. The van der Waals surface area contributed by atoms with Gasteiger partial charge in [0, 0.05) is 24.2 Å². The molecule has 1 fully saturated rings. The van der Waals surface area contributed by atoms with Gasteiger partial charge < -0.3 is 24.9 Å². The maximum absolute atomic E-state index is 14.7. The average Bonchev–Trinajstić information content (AvgIpc) is 3.31. The molecule has 3 atom stereocenters. The van der Waals surface area contributed by atoms with Crippen LogP contribution < -0.4 is 10.1 Å². The Kier molecular flexibility index (Phi) is 6.63. The largest absolute Gasteiger partial charge is 0.457 e. The third kappa shape index (κ3) is 4.84. The number of aliphatic hydroxyl groups is 1. The molecule has 1 aliphatic rings. The number of fused-ring (bicyclic) bond motifs is 1. The fourth-order valence-electron chi connectivity index (χ4n) is 4.03. The van der Waals surface area contributed by atoms with E-state index < -0.39 is 18.3 Å². The molecular formula is C25H22ClFN4O4. The van der Waals surface area contributed by atoms with Gasteiger partial charge in [-0.25, -0.2) is 14.4 Å². The van der Waals surface area contributed by atoms with Crippen LogP contribution in [0.4, 0.5) is 10.2 Å². The van der Waals surface area contributed by atoms with Crippen molar-refractivity contribution >= 4 is 34.2 Å². The van der Waals surface area contributed by atoms with Gasteiger partial charge in [0.25, 0.3) is 0 Å². The Bertz CT molecular complexity index is 1350. The van der Waals surface area contributed by atoms with Crippen LogP contribution in [0.1, 0.15) is 22.3 Å². The summed E-state index contributed by atoms with van der Waals surface area (Å²) in [4.78, 5) is 24.9. The first kappa shape index (κ1) is 23.2. The standard InChI is InChI=1S/C25H22ClFN4O4/c26-19-8-15(35-14-4-2-1-3-5-14)6-7-17(19)23(33)18-10-28-24-22(18)25(30-13-29-24)31-21-12-34-16(11-32)9-20(21)27/h1-8,10,13,16,20-21,32H,9,11-12H2,(H2,28,29,30,31). The summed E-state index contributed by atoms with van der Waals surface area (Å²) in [5.41, 5.74) is 0.992. The summed E-state index contributed by atoms with van der Waals surface area (Å²) in [6, 6.07) is 13.4. The maximum atomic E-state index is 14.7. The molecule has 1 aliphatic heterocycles. The molecule has 2 aromatic heterocycles. The van der Waals surface area contributed by atoms with Crippen LogP contribution in [-0.2, 0) is 4.74 Å². The fraction of sp³-hybridized carbons (Fsp3) is 0.240. The van der Waals surface area contributed by atoms with Gasteiger partial charge in [-0.15, -0.1) is 0 Å². The lowest BCUT2D eigenvalue weighted by Gasteiger charge is -2.32. The Morgan fingerprint density at radius 2 is 2.03 bits per heavy atom. The minimum atomic E-state index is -1.25. The molecule has 2 aromatic carbocycles. The zero-order valence-corrected chi connectivity index (χ0v) is 19.2. The molecule has 3 N–H and O–H groups in total. The molecule has 0 amide bonds. The van der Waals surface area contributed by atoms with Crippen LogP contribution in [0, 0.1) is 0 Å². The number of aromatic amines is 1. The van der Waals surface area contributed by atoms with E-state index in [0.29, 0.717) is 33.9 Å². The zero-order chi connectivity index (χ0) is 24.4. The number of halogens is 2. The molecule has 0 radical (unpaired) electrons. The normalized spacial score (nSPS) is 20.0. The molecule has 0 bridgehead atoms. The van der Waals surface area contributed by atoms with E-state index in [2.05, 4.69) is 20.3 Å². The monoisotopic (exact) mass is 496 g/mol. The van der Waals surface area contributed by atoms with Crippen LogP contribution in [0.25, 0.3) is 11.0 Å². The van der Waals surface area contributed by atoms with E-state index >= 15 is 0 Å². The average molecular weight is 497 g/mol. The first-order chi connectivity index (χ1) is 17.0. The molecule has 180 valence electrons. The number of hydrogen-bond donors (Lipinski definition) is 3. The molecule has 0 spiro atoms. The number of ether oxygens (including phenoxy) is 2. The number of nitrogens with zero attached hydrogens (tertiary/aromatic N) is 2. The van der Waals surface area contributed by atoms with Crippen molar-refractivity contribution in [3.63, 3.8) is 0 Å². The quantitative estimate of drug-likeness (QED) is 0.322. The highest BCUT2D eigenvalue weighted by Crippen LogP contribution is 2.32. The van der Waals surface area contributed by atoms with Gasteiger partial charge in [0.1, 0.15) is 35.5 Å². The summed E-state index contributed by atoms with van der Waals surface area (Å²) < 4.78 is 25.9. The van der Waals surface area contributed by atoms with Gasteiger partial charge in [-0.05, 0) is 24.3 Å². The van der Waals surface area contributed by atoms with Crippen LogP contribution in [0.3, 0.4) is 0 Å². The molecule has 1 saturated heterocycles. The molecule has 5 rings (SSSR count). The number of aromatic nitrogens is 3. The van der Waals surface area contributed by atoms with Crippen molar-refractivity contribution in [2.45, 2.75) is 24.7 Å². The van der Waals surface area contributed by atoms with E-state index in [1.807, 2.05) is 30.3 Å². The number of carbonyl (C=O) groups is 1. The highest BCUT2D eigenvalue weighted by Gasteiger charge is 2.32. The number of ketones is 1. The molecule has 4 aromatic rings. The van der Waals surface area contributed by atoms with Gasteiger partial charge in [0.2, 0.25) is 0 Å². The van der Waals surface area contributed by atoms with Crippen LogP contribution in [0.2, 0.25) is 5.02 Å². The molecule has 10 heteroatoms. The number of rotatable bonds is 7. The highest BCUT2D eigenvalue weighted by molar-refractivity contribution is 6.35. The van der Waals surface area contributed by atoms with Crippen molar-refractivity contribution in [3.8, 4) is 11.5 Å². The fourth-order valence-corrected chi connectivity index (χ4v) is 4.28. The van der Waals surface area contributed by atoms with Crippen molar-refractivity contribution in [3.05, 3.63) is 77.2 Å². The Labute approximate surface area is 205 Å². The minimum absolute atomic E-state index is 0.0558. The smallest absolute Gasteiger partial charge is 0.196 e. The van der Waals surface area contributed by atoms with E-state index in [9.17, 15) is 14.3 Å². The van der Waals surface area contributed by atoms with Gasteiger partial charge in [-0.2, -0.15) is 0 Å². The van der Waals surface area contributed by atoms with E-state index in [4.69, 9.17) is 21.1 Å². The minimum Gasteiger partial charge on any atom is -0.457 e. The number of benzene rings is 2. The topological polar surface area (TPSA) is 109 Å². The van der Waals surface area contributed by atoms with Gasteiger partial charge in [-0.1, -0.05) is 29.8 Å². The van der Waals surface area contributed by atoms with E-state index in [0.717, 1.165) is 0 Å². The lowest BCUT2D eigenvalue weighted by atomic mass is 10.0. The molecule has 3 unspecified atom stereocenters. The number of alkyl halides is 1. The molecule has 35 heavy (non-hydrogen) atoms. The highest BCUT2D eigenvalue weighted by atomic mass is 35.5. The first-order valence-electron chi connectivity index (χ1n) is 11.1. The molecule has 0 aliphatic carbocycles. The number of H-pyrrole nitrogens is 1. The summed E-state index contributed by atoms with van der Waals surface area (Å²) in [7, 11) is 0. The second-order valence-corrected chi connectivity index (χ2v) is 8.58. The number of carbonyl (C=O) groups excluding carboxylic acids is 1. The third-order valence-corrected chi connectivity index (χ3v) is 6.15. The van der Waals surface area contributed by atoms with Crippen LogP contribution >= 0.6 is 11.6 Å². The van der Waals surface area contributed by atoms with Crippen molar-refractivity contribution in [2.75, 3.05) is 18.5 Å². The Morgan fingerprint density at radius 1 is 1.20 bits per heavy atom. The molecule has 3 heterocycles. The predicted octanol–water partition coefficient (Wildman–Crippen LogP) is 4.53. The second-order valence-electron chi connectivity index (χ2n) is 8.17. The van der Waals surface area contributed by atoms with E-state index in [1.54, 1.807) is 18.2 Å². The lowest BCUT2D eigenvalue weighted by Crippen LogP contribution is -2.45. The Hall–Kier alpha value is -3.53. The van der Waals surface area contributed by atoms with Crippen molar-refractivity contribution in [1.82, 2.24) is 15.0 Å². The molecule has 8 nitrogen and oxygen atoms in total. The van der Waals surface area contributed by atoms with Crippen LogP contribution in [0.15, 0.2) is 61.1 Å². The number of anilines is 1. The van der Waals surface area contributed by atoms with Gasteiger partial charge >= 0.3 is 0 Å². The predicted molar refractivity (Wildman–Crippen MR) is 129 cm³/mol. The van der Waals surface area contributed by atoms with Gasteiger partial charge in [0.15, 0.2) is 5.78 Å². The number of aliphatic hydroxyl groups excluding tert-OH is 1. The van der Waals surface area contributed by atoms with Crippen molar-refractivity contribution in [1.29, 1.82) is 0 Å². The van der Waals surface area contributed by atoms with Gasteiger partial charge in [-0.3, -0.25) is 4.79 Å². The first-order valence-corrected chi connectivity index (χ1v) is 11.4. The number of hydrogen-bond acceptors (Lipinski definition) is 7. The van der Waals surface area contributed by atoms with Crippen LogP contribution in [-0.4, -0.2) is 57.4 Å². The van der Waals surface area contributed by atoms with E-state index in [1.165, 1.54) is 12.5 Å². The molecular weight excluding hydrogens is 475 g/mol.